The summed E-state index contributed by atoms with van der Waals surface area (Å²) in [6.45, 7) is 2.11. The highest BCUT2D eigenvalue weighted by atomic mass is 15.3. The Hall–Kier alpha value is -2.36. The zero-order valence-electron chi connectivity index (χ0n) is 15.5. The fourth-order valence-electron chi connectivity index (χ4n) is 4.65. The molecule has 5 rings (SSSR count). The highest BCUT2D eigenvalue weighted by Crippen LogP contribution is 2.35. The lowest BCUT2D eigenvalue weighted by Gasteiger charge is -2.23. The predicted molar refractivity (Wildman–Crippen MR) is 106 cm³/mol. The van der Waals surface area contributed by atoms with E-state index in [1.807, 2.05) is 0 Å². The molecular formula is C22H26N4. The molecule has 2 heterocycles. The number of fused-ring (bicyclic) bond motifs is 2. The van der Waals surface area contributed by atoms with Gasteiger partial charge < -0.3 is 5.32 Å². The van der Waals surface area contributed by atoms with Crippen molar-refractivity contribution in [1.82, 2.24) is 14.6 Å². The summed E-state index contributed by atoms with van der Waals surface area (Å²) in [6, 6.07) is 11.1. The number of hydrogen-bond acceptors (Lipinski definition) is 3. The smallest absolute Gasteiger partial charge is 0.165 e. The Morgan fingerprint density at radius 2 is 1.77 bits per heavy atom. The first-order valence-corrected chi connectivity index (χ1v) is 10.0. The maximum Gasteiger partial charge on any atom is 0.165 e. The van der Waals surface area contributed by atoms with Crippen LogP contribution >= 0.6 is 0 Å². The number of benzene rings is 1. The number of nitrogens with one attached hydrogen (secondary N) is 1. The summed E-state index contributed by atoms with van der Waals surface area (Å²) in [4.78, 5) is 5.11. The molecule has 0 unspecified atom stereocenters. The van der Waals surface area contributed by atoms with Gasteiger partial charge in [0, 0.05) is 22.9 Å². The van der Waals surface area contributed by atoms with Crippen LogP contribution in [0.3, 0.4) is 0 Å². The van der Waals surface area contributed by atoms with Crippen LogP contribution < -0.4 is 5.32 Å². The highest BCUT2D eigenvalue weighted by Gasteiger charge is 2.25. The minimum absolute atomic E-state index is 0.580. The van der Waals surface area contributed by atoms with Crippen LogP contribution in [-0.2, 0) is 12.8 Å². The molecule has 134 valence electrons. The average molecular weight is 346 g/mol. The van der Waals surface area contributed by atoms with Crippen LogP contribution in [0.4, 0.5) is 5.82 Å². The molecule has 1 saturated carbocycles. The Bertz CT molecular complexity index is 936. The number of rotatable bonds is 3. The Balaban J connectivity index is 1.73. The third-order valence-electron chi connectivity index (χ3n) is 5.97. The van der Waals surface area contributed by atoms with Gasteiger partial charge in [0.05, 0.1) is 5.69 Å². The van der Waals surface area contributed by atoms with Crippen LogP contribution in [0, 0.1) is 6.92 Å². The number of nitrogens with zero attached hydrogens (tertiary/aromatic N) is 3. The minimum atomic E-state index is 0.580. The van der Waals surface area contributed by atoms with Crippen LogP contribution in [0.15, 0.2) is 30.3 Å². The maximum absolute atomic E-state index is 5.11. The first-order chi connectivity index (χ1) is 12.8. The zero-order valence-corrected chi connectivity index (χ0v) is 15.5. The number of aromatic nitrogens is 3. The molecule has 1 fully saturated rings. The van der Waals surface area contributed by atoms with Crippen molar-refractivity contribution in [3.8, 4) is 11.1 Å². The van der Waals surface area contributed by atoms with Crippen molar-refractivity contribution in [2.24, 2.45) is 0 Å². The molecule has 0 aliphatic heterocycles. The zero-order chi connectivity index (χ0) is 17.5. The molecule has 0 saturated heterocycles. The van der Waals surface area contributed by atoms with E-state index >= 15 is 0 Å². The van der Waals surface area contributed by atoms with Crippen LogP contribution in [0.5, 0.6) is 0 Å². The van der Waals surface area contributed by atoms with E-state index in [0.717, 1.165) is 24.2 Å². The van der Waals surface area contributed by atoms with E-state index < -0.39 is 0 Å². The second-order valence-corrected chi connectivity index (χ2v) is 7.78. The molecule has 4 nitrogen and oxygen atoms in total. The molecule has 26 heavy (non-hydrogen) atoms. The third-order valence-corrected chi connectivity index (χ3v) is 5.97. The normalized spacial score (nSPS) is 17.6. The standard InChI is InChI=1S/C22H26N4/c1-15-20(16-9-3-2-4-10-16)22-24-19-14-8-7-13-18(19)21(26(22)25-15)23-17-11-5-6-12-17/h2-4,9-10,17,23H,5-8,11-14H2,1H3. The second-order valence-electron chi connectivity index (χ2n) is 7.78. The molecule has 0 bridgehead atoms. The summed E-state index contributed by atoms with van der Waals surface area (Å²) in [5.74, 6) is 1.21. The molecule has 2 aromatic heterocycles. The molecule has 1 N–H and O–H groups in total. The van der Waals surface area contributed by atoms with Gasteiger partial charge in [0.1, 0.15) is 5.82 Å². The molecule has 3 aromatic rings. The molecular weight excluding hydrogens is 320 g/mol. The van der Waals surface area contributed by atoms with E-state index in [1.165, 1.54) is 66.7 Å². The SMILES string of the molecule is Cc1nn2c(NC3CCCC3)c3c(nc2c1-c1ccccc1)CCCC3. The molecule has 0 atom stereocenters. The van der Waals surface area contributed by atoms with Gasteiger partial charge in [0.25, 0.3) is 0 Å². The predicted octanol–water partition coefficient (Wildman–Crippen LogP) is 4.94. The van der Waals surface area contributed by atoms with Crippen molar-refractivity contribution in [2.45, 2.75) is 64.3 Å². The van der Waals surface area contributed by atoms with Crippen LogP contribution in [0.2, 0.25) is 0 Å². The van der Waals surface area contributed by atoms with Crippen molar-refractivity contribution in [2.75, 3.05) is 5.32 Å². The van der Waals surface area contributed by atoms with Gasteiger partial charge in [-0.3, -0.25) is 0 Å². The molecule has 2 aliphatic rings. The first kappa shape index (κ1) is 15.9. The monoisotopic (exact) mass is 346 g/mol. The molecule has 0 radical (unpaired) electrons. The van der Waals surface area contributed by atoms with E-state index in [0.29, 0.717) is 6.04 Å². The molecule has 0 amide bonds. The largest absolute Gasteiger partial charge is 0.367 e. The van der Waals surface area contributed by atoms with Gasteiger partial charge in [0.15, 0.2) is 5.65 Å². The Kier molecular flexibility index (Phi) is 3.92. The highest BCUT2D eigenvalue weighted by molar-refractivity contribution is 5.81. The van der Waals surface area contributed by atoms with Crippen molar-refractivity contribution in [3.63, 3.8) is 0 Å². The summed E-state index contributed by atoms with van der Waals surface area (Å²) in [5, 5.41) is 8.80. The summed E-state index contributed by atoms with van der Waals surface area (Å²) in [7, 11) is 0. The molecule has 0 spiro atoms. The number of aryl methyl sites for hydroxylation is 2. The van der Waals surface area contributed by atoms with E-state index in [1.54, 1.807) is 0 Å². The number of anilines is 1. The van der Waals surface area contributed by atoms with Gasteiger partial charge in [0.2, 0.25) is 0 Å². The van der Waals surface area contributed by atoms with Crippen LogP contribution in [-0.4, -0.2) is 20.6 Å². The maximum atomic E-state index is 5.11. The lowest BCUT2D eigenvalue weighted by molar-refractivity contribution is 0.654. The van der Waals surface area contributed by atoms with E-state index in [4.69, 9.17) is 10.1 Å². The van der Waals surface area contributed by atoms with Gasteiger partial charge >= 0.3 is 0 Å². The first-order valence-electron chi connectivity index (χ1n) is 10.0. The Morgan fingerprint density at radius 3 is 2.58 bits per heavy atom. The van der Waals surface area contributed by atoms with Crippen LogP contribution in [0.25, 0.3) is 16.8 Å². The van der Waals surface area contributed by atoms with Gasteiger partial charge in [-0.15, -0.1) is 0 Å². The van der Waals surface area contributed by atoms with Gasteiger partial charge in [-0.2, -0.15) is 9.61 Å². The molecule has 1 aromatic carbocycles. The quantitative estimate of drug-likeness (QED) is 0.730. The summed E-state index contributed by atoms with van der Waals surface area (Å²) in [6.07, 6.45) is 9.91. The molecule has 2 aliphatic carbocycles. The lowest BCUT2D eigenvalue weighted by atomic mass is 9.96. The third kappa shape index (κ3) is 2.59. The van der Waals surface area contributed by atoms with E-state index in [-0.39, 0.29) is 0 Å². The Morgan fingerprint density at radius 1 is 1.00 bits per heavy atom. The van der Waals surface area contributed by atoms with Gasteiger partial charge in [-0.1, -0.05) is 43.2 Å². The van der Waals surface area contributed by atoms with Gasteiger partial charge in [-0.25, -0.2) is 4.98 Å². The van der Waals surface area contributed by atoms with E-state index in [9.17, 15) is 0 Å². The van der Waals surface area contributed by atoms with Crippen molar-refractivity contribution in [3.05, 3.63) is 47.3 Å². The fraction of sp³-hybridized carbons (Fsp3) is 0.455. The Labute approximate surface area is 154 Å². The average Bonchev–Trinajstić information content (AvgIpc) is 3.29. The number of hydrogen-bond donors (Lipinski definition) is 1. The van der Waals surface area contributed by atoms with Crippen LogP contribution in [0.1, 0.15) is 55.5 Å². The second kappa shape index (κ2) is 6.42. The van der Waals surface area contributed by atoms with E-state index in [2.05, 4.69) is 47.1 Å². The minimum Gasteiger partial charge on any atom is -0.367 e. The molecule has 4 heteroatoms. The van der Waals surface area contributed by atoms with Crippen molar-refractivity contribution >= 4 is 11.5 Å². The van der Waals surface area contributed by atoms with Crippen molar-refractivity contribution < 1.29 is 0 Å². The topological polar surface area (TPSA) is 42.2 Å². The summed E-state index contributed by atoms with van der Waals surface area (Å²) in [5.41, 5.74) is 7.12. The summed E-state index contributed by atoms with van der Waals surface area (Å²) < 4.78 is 2.10. The van der Waals surface area contributed by atoms with Gasteiger partial charge in [-0.05, 0) is 51.0 Å². The van der Waals surface area contributed by atoms with Crippen molar-refractivity contribution in [1.29, 1.82) is 0 Å². The summed E-state index contributed by atoms with van der Waals surface area (Å²) >= 11 is 0. The lowest BCUT2D eigenvalue weighted by Crippen LogP contribution is -2.21. The fourth-order valence-corrected chi connectivity index (χ4v) is 4.65.